The molecule has 0 unspecified atom stereocenters. The maximum atomic E-state index is 11.1. The number of nitrogens with two attached hydrogens (primary N) is 1. The molecule has 2 heteroatoms. The van der Waals surface area contributed by atoms with Gasteiger partial charge in [0.05, 0.1) is 5.41 Å². The smallest absolute Gasteiger partial charge is 0.223 e. The number of carbonyl (C=O) groups is 1. The lowest BCUT2D eigenvalue weighted by atomic mass is 9.77. The minimum atomic E-state index is -0.237. The third-order valence-electron chi connectivity index (χ3n) is 3.24. The SMILES string of the molecule is C[C@]1(C(N)=O)C[C@H]2C=C[C@H]1C2. The van der Waals surface area contributed by atoms with E-state index in [0.717, 1.165) is 12.8 Å². The maximum Gasteiger partial charge on any atom is 0.223 e. The van der Waals surface area contributed by atoms with Crippen molar-refractivity contribution in [3.8, 4) is 0 Å². The third-order valence-corrected chi connectivity index (χ3v) is 3.24. The normalized spacial score (nSPS) is 46.6. The highest BCUT2D eigenvalue weighted by molar-refractivity contribution is 5.81. The van der Waals surface area contributed by atoms with Crippen LogP contribution in [0, 0.1) is 17.3 Å². The van der Waals surface area contributed by atoms with Crippen LogP contribution in [0.1, 0.15) is 19.8 Å². The van der Waals surface area contributed by atoms with Gasteiger partial charge < -0.3 is 5.73 Å². The van der Waals surface area contributed by atoms with Gasteiger partial charge in [-0.25, -0.2) is 0 Å². The summed E-state index contributed by atoms with van der Waals surface area (Å²) in [5.41, 5.74) is 5.11. The van der Waals surface area contributed by atoms with Gasteiger partial charge in [0.1, 0.15) is 0 Å². The molecule has 1 amide bonds. The zero-order chi connectivity index (χ0) is 8.06. The number of fused-ring (bicyclic) bond motifs is 2. The predicted molar refractivity (Wildman–Crippen MR) is 42.7 cm³/mol. The number of hydrogen-bond donors (Lipinski definition) is 1. The van der Waals surface area contributed by atoms with Crippen LogP contribution in [0.4, 0.5) is 0 Å². The lowest BCUT2D eigenvalue weighted by Gasteiger charge is -2.27. The molecule has 0 aliphatic heterocycles. The van der Waals surface area contributed by atoms with E-state index in [1.54, 1.807) is 0 Å². The van der Waals surface area contributed by atoms with Gasteiger partial charge in [-0.3, -0.25) is 4.79 Å². The molecule has 0 spiro atoms. The van der Waals surface area contributed by atoms with Gasteiger partial charge in [-0.15, -0.1) is 0 Å². The van der Waals surface area contributed by atoms with E-state index in [0.29, 0.717) is 11.8 Å². The fourth-order valence-electron chi connectivity index (χ4n) is 2.38. The van der Waals surface area contributed by atoms with E-state index in [2.05, 4.69) is 12.2 Å². The second-order valence-electron chi connectivity index (χ2n) is 3.97. The van der Waals surface area contributed by atoms with Crippen molar-refractivity contribution >= 4 is 5.91 Å². The Hall–Kier alpha value is -0.790. The molecule has 2 aliphatic carbocycles. The molecule has 2 aliphatic rings. The quantitative estimate of drug-likeness (QED) is 0.560. The summed E-state index contributed by atoms with van der Waals surface area (Å²) in [6.07, 6.45) is 6.47. The minimum absolute atomic E-state index is 0.130. The van der Waals surface area contributed by atoms with Crippen molar-refractivity contribution in [2.75, 3.05) is 0 Å². The standard InChI is InChI=1S/C9H13NO/c1-9(8(10)11)5-6-2-3-7(9)4-6/h2-3,6-7H,4-5H2,1H3,(H2,10,11)/t6-,7-,9-/m0/s1. The monoisotopic (exact) mass is 151 g/mol. The van der Waals surface area contributed by atoms with Crippen LogP contribution < -0.4 is 5.73 Å². The van der Waals surface area contributed by atoms with E-state index in [9.17, 15) is 4.79 Å². The summed E-state index contributed by atoms with van der Waals surface area (Å²) in [6, 6.07) is 0. The van der Waals surface area contributed by atoms with Crippen LogP contribution >= 0.6 is 0 Å². The van der Waals surface area contributed by atoms with Crippen LogP contribution in [0.25, 0.3) is 0 Å². The molecule has 0 aromatic rings. The molecule has 2 nitrogen and oxygen atoms in total. The second-order valence-corrected chi connectivity index (χ2v) is 3.97. The van der Waals surface area contributed by atoms with Crippen LogP contribution in [0.2, 0.25) is 0 Å². The third kappa shape index (κ3) is 0.753. The Morgan fingerprint density at radius 1 is 1.64 bits per heavy atom. The number of rotatable bonds is 1. The van der Waals surface area contributed by atoms with Gasteiger partial charge in [0.25, 0.3) is 0 Å². The molecular weight excluding hydrogens is 138 g/mol. The van der Waals surface area contributed by atoms with Crippen molar-refractivity contribution in [1.82, 2.24) is 0 Å². The first-order valence-corrected chi connectivity index (χ1v) is 4.11. The van der Waals surface area contributed by atoms with E-state index < -0.39 is 0 Å². The lowest BCUT2D eigenvalue weighted by Crippen LogP contribution is -2.37. The Labute approximate surface area is 66.5 Å². The summed E-state index contributed by atoms with van der Waals surface area (Å²) in [5.74, 6) is 0.914. The van der Waals surface area contributed by atoms with Crippen molar-refractivity contribution in [3.05, 3.63) is 12.2 Å². The van der Waals surface area contributed by atoms with Crippen LogP contribution in [-0.4, -0.2) is 5.91 Å². The Morgan fingerprint density at radius 2 is 2.36 bits per heavy atom. The molecule has 0 radical (unpaired) electrons. The molecular formula is C9H13NO. The number of amides is 1. The summed E-state index contributed by atoms with van der Waals surface area (Å²) in [5, 5.41) is 0. The molecule has 60 valence electrons. The fourth-order valence-corrected chi connectivity index (χ4v) is 2.38. The molecule has 0 aromatic carbocycles. The van der Waals surface area contributed by atoms with E-state index in [1.165, 1.54) is 0 Å². The highest BCUT2D eigenvalue weighted by atomic mass is 16.1. The van der Waals surface area contributed by atoms with Crippen LogP contribution in [0.5, 0.6) is 0 Å². The van der Waals surface area contributed by atoms with Crippen molar-refractivity contribution in [3.63, 3.8) is 0 Å². The first-order valence-electron chi connectivity index (χ1n) is 4.11. The Morgan fingerprint density at radius 3 is 2.64 bits per heavy atom. The number of hydrogen-bond acceptors (Lipinski definition) is 1. The largest absolute Gasteiger partial charge is 0.369 e. The molecule has 2 rings (SSSR count). The Balaban J connectivity index is 2.30. The molecule has 2 N–H and O–H groups in total. The van der Waals surface area contributed by atoms with Crippen molar-refractivity contribution in [2.45, 2.75) is 19.8 Å². The molecule has 0 heterocycles. The van der Waals surface area contributed by atoms with Crippen molar-refractivity contribution in [1.29, 1.82) is 0 Å². The molecule has 3 atom stereocenters. The number of carbonyl (C=O) groups excluding carboxylic acids is 1. The van der Waals surface area contributed by atoms with Gasteiger partial charge >= 0.3 is 0 Å². The highest BCUT2D eigenvalue weighted by Crippen LogP contribution is 2.51. The highest BCUT2D eigenvalue weighted by Gasteiger charge is 2.48. The Bertz CT molecular complexity index is 234. The van der Waals surface area contributed by atoms with Crippen LogP contribution in [0.3, 0.4) is 0 Å². The summed E-state index contributed by atoms with van der Waals surface area (Å²) in [6.45, 7) is 1.99. The number of primary amides is 1. The van der Waals surface area contributed by atoms with E-state index >= 15 is 0 Å². The van der Waals surface area contributed by atoms with E-state index in [1.807, 2.05) is 6.92 Å². The van der Waals surface area contributed by atoms with Crippen molar-refractivity contribution in [2.24, 2.45) is 23.0 Å². The average molecular weight is 151 g/mol. The molecule has 1 fully saturated rings. The summed E-state index contributed by atoms with van der Waals surface area (Å²) < 4.78 is 0. The summed E-state index contributed by atoms with van der Waals surface area (Å²) in [4.78, 5) is 11.1. The predicted octanol–water partition coefficient (Wildman–Crippen LogP) is 1.07. The minimum Gasteiger partial charge on any atom is -0.369 e. The maximum absolute atomic E-state index is 11.1. The Kier molecular flexibility index (Phi) is 1.17. The van der Waals surface area contributed by atoms with Crippen molar-refractivity contribution < 1.29 is 4.79 Å². The summed E-state index contributed by atoms with van der Waals surface area (Å²) in [7, 11) is 0. The molecule has 1 saturated carbocycles. The van der Waals surface area contributed by atoms with Gasteiger partial charge in [-0.2, -0.15) is 0 Å². The molecule has 2 bridgehead atoms. The van der Waals surface area contributed by atoms with Gasteiger partial charge in [-0.05, 0) is 24.7 Å². The average Bonchev–Trinajstić information content (AvgIpc) is 2.45. The topological polar surface area (TPSA) is 43.1 Å². The van der Waals surface area contributed by atoms with Crippen LogP contribution in [0.15, 0.2) is 12.2 Å². The van der Waals surface area contributed by atoms with Gasteiger partial charge in [0.15, 0.2) is 0 Å². The molecule has 0 aromatic heterocycles. The van der Waals surface area contributed by atoms with Gasteiger partial charge in [0, 0.05) is 0 Å². The fraction of sp³-hybridized carbons (Fsp3) is 0.667. The van der Waals surface area contributed by atoms with Gasteiger partial charge in [0.2, 0.25) is 5.91 Å². The second kappa shape index (κ2) is 1.87. The first kappa shape index (κ1) is 6.89. The summed E-state index contributed by atoms with van der Waals surface area (Å²) >= 11 is 0. The molecule has 11 heavy (non-hydrogen) atoms. The number of allylic oxidation sites excluding steroid dienone is 2. The first-order chi connectivity index (χ1) is 5.13. The van der Waals surface area contributed by atoms with Gasteiger partial charge in [-0.1, -0.05) is 19.1 Å². The molecule has 0 saturated heterocycles. The van der Waals surface area contributed by atoms with E-state index in [4.69, 9.17) is 5.73 Å². The van der Waals surface area contributed by atoms with Crippen LogP contribution in [-0.2, 0) is 4.79 Å². The zero-order valence-corrected chi connectivity index (χ0v) is 6.71. The zero-order valence-electron chi connectivity index (χ0n) is 6.71. The van der Waals surface area contributed by atoms with E-state index in [-0.39, 0.29) is 11.3 Å². The lowest BCUT2D eigenvalue weighted by molar-refractivity contribution is -0.128.